The molecule has 3 N–H and O–H groups in total. The van der Waals surface area contributed by atoms with Gasteiger partial charge in [0.15, 0.2) is 0 Å². The molecule has 1 saturated carbocycles. The minimum Gasteiger partial charge on any atom is -0.397 e. The van der Waals surface area contributed by atoms with E-state index in [-0.39, 0.29) is 5.91 Å². The number of aromatic nitrogens is 1. The number of nitrogens with two attached hydrogens (primary N) is 1. The third kappa shape index (κ3) is 2.18. The van der Waals surface area contributed by atoms with Gasteiger partial charge in [0.05, 0.1) is 11.2 Å². The predicted molar refractivity (Wildman–Crippen MR) is 72.1 cm³/mol. The zero-order valence-electron chi connectivity index (χ0n) is 10.2. The Bertz CT molecular complexity index is 584. The fourth-order valence-electron chi connectivity index (χ4n) is 2.21. The van der Waals surface area contributed by atoms with Crippen molar-refractivity contribution in [2.45, 2.75) is 19.4 Å². The summed E-state index contributed by atoms with van der Waals surface area (Å²) in [4.78, 5) is 11.8. The maximum absolute atomic E-state index is 11.8. The van der Waals surface area contributed by atoms with Crippen LogP contribution in [-0.2, 0) is 11.3 Å². The van der Waals surface area contributed by atoms with E-state index in [0.717, 1.165) is 17.4 Å². The molecule has 1 fully saturated rings. The summed E-state index contributed by atoms with van der Waals surface area (Å²) >= 11 is 0. The smallest absolute Gasteiger partial charge is 0.239 e. The molecule has 0 aliphatic heterocycles. The Morgan fingerprint density at radius 1 is 1.39 bits per heavy atom. The van der Waals surface area contributed by atoms with Crippen LogP contribution >= 0.6 is 0 Å². The van der Waals surface area contributed by atoms with E-state index in [2.05, 4.69) is 5.32 Å². The summed E-state index contributed by atoms with van der Waals surface area (Å²) < 4.78 is 1.91. The molecule has 2 aromatic rings. The van der Waals surface area contributed by atoms with Gasteiger partial charge in [-0.2, -0.15) is 0 Å². The van der Waals surface area contributed by atoms with E-state index >= 15 is 0 Å². The van der Waals surface area contributed by atoms with E-state index in [0.29, 0.717) is 18.2 Å². The van der Waals surface area contributed by atoms with E-state index in [9.17, 15) is 4.79 Å². The Morgan fingerprint density at radius 2 is 2.22 bits per heavy atom. The van der Waals surface area contributed by atoms with Crippen molar-refractivity contribution in [2.75, 3.05) is 12.3 Å². The molecule has 1 amide bonds. The van der Waals surface area contributed by atoms with Crippen molar-refractivity contribution in [1.82, 2.24) is 9.88 Å². The van der Waals surface area contributed by atoms with E-state index < -0.39 is 0 Å². The van der Waals surface area contributed by atoms with Crippen molar-refractivity contribution in [3.8, 4) is 0 Å². The van der Waals surface area contributed by atoms with E-state index in [1.54, 1.807) is 0 Å². The average molecular weight is 243 g/mol. The number of nitrogen functional groups attached to an aromatic ring is 1. The monoisotopic (exact) mass is 243 g/mol. The fraction of sp³-hybridized carbons (Fsp3) is 0.357. The zero-order valence-corrected chi connectivity index (χ0v) is 10.2. The van der Waals surface area contributed by atoms with Crippen LogP contribution < -0.4 is 11.1 Å². The van der Waals surface area contributed by atoms with Gasteiger partial charge in [0.2, 0.25) is 5.91 Å². The highest BCUT2D eigenvalue weighted by atomic mass is 16.1. The van der Waals surface area contributed by atoms with Crippen LogP contribution in [-0.4, -0.2) is 17.0 Å². The number of nitrogens with one attached hydrogen (secondary N) is 1. The van der Waals surface area contributed by atoms with E-state index in [4.69, 9.17) is 5.73 Å². The number of carbonyl (C=O) groups is 1. The van der Waals surface area contributed by atoms with Gasteiger partial charge >= 0.3 is 0 Å². The second kappa shape index (κ2) is 4.37. The summed E-state index contributed by atoms with van der Waals surface area (Å²) in [7, 11) is 0. The van der Waals surface area contributed by atoms with Crippen molar-refractivity contribution >= 4 is 22.5 Å². The molecule has 3 rings (SSSR count). The molecular formula is C14H17N3O. The number of rotatable bonds is 4. The Labute approximate surface area is 106 Å². The molecule has 0 atom stereocenters. The summed E-state index contributed by atoms with van der Waals surface area (Å²) in [5, 5.41) is 4.04. The highest BCUT2D eigenvalue weighted by Crippen LogP contribution is 2.27. The van der Waals surface area contributed by atoms with Gasteiger partial charge < -0.3 is 15.6 Å². The lowest BCUT2D eigenvalue weighted by Gasteiger charge is -2.08. The third-order valence-electron chi connectivity index (χ3n) is 3.42. The molecule has 0 unspecified atom stereocenters. The number of carbonyl (C=O) groups excluding carboxylic acids is 1. The molecule has 18 heavy (non-hydrogen) atoms. The van der Waals surface area contributed by atoms with Crippen LogP contribution in [0.15, 0.2) is 30.5 Å². The summed E-state index contributed by atoms with van der Waals surface area (Å²) in [6.45, 7) is 1.15. The van der Waals surface area contributed by atoms with Gasteiger partial charge in [0.25, 0.3) is 0 Å². The Kier molecular flexibility index (Phi) is 2.70. The van der Waals surface area contributed by atoms with Crippen LogP contribution in [0.25, 0.3) is 10.9 Å². The lowest BCUT2D eigenvalue weighted by molar-refractivity contribution is -0.121. The summed E-state index contributed by atoms with van der Waals surface area (Å²) in [6, 6.07) is 7.78. The minimum atomic E-state index is 0.0580. The van der Waals surface area contributed by atoms with Crippen LogP contribution in [0.5, 0.6) is 0 Å². The topological polar surface area (TPSA) is 60.0 Å². The first-order chi connectivity index (χ1) is 8.74. The van der Waals surface area contributed by atoms with Crippen molar-refractivity contribution in [1.29, 1.82) is 0 Å². The highest BCUT2D eigenvalue weighted by molar-refractivity contribution is 5.91. The molecule has 1 aliphatic carbocycles. The van der Waals surface area contributed by atoms with Crippen LogP contribution in [0.1, 0.15) is 12.8 Å². The highest BCUT2D eigenvalue weighted by Gasteiger charge is 2.21. The number of anilines is 1. The molecule has 4 heteroatoms. The number of amides is 1. The quantitative estimate of drug-likeness (QED) is 0.804. The molecular weight excluding hydrogens is 226 g/mol. The van der Waals surface area contributed by atoms with E-state index in [1.165, 1.54) is 12.8 Å². The first-order valence-corrected chi connectivity index (χ1v) is 6.34. The maximum atomic E-state index is 11.8. The lowest BCUT2D eigenvalue weighted by atomic mass is 10.2. The zero-order chi connectivity index (χ0) is 12.5. The molecule has 94 valence electrons. The number of benzene rings is 1. The van der Waals surface area contributed by atoms with Gasteiger partial charge in [-0.15, -0.1) is 0 Å². The van der Waals surface area contributed by atoms with Gasteiger partial charge in [-0.3, -0.25) is 4.79 Å². The molecule has 4 nitrogen and oxygen atoms in total. The molecule has 1 aromatic heterocycles. The molecule has 1 aliphatic rings. The summed E-state index contributed by atoms with van der Waals surface area (Å²) in [5.74, 6) is 0.767. The van der Waals surface area contributed by atoms with Gasteiger partial charge in [-0.05, 0) is 30.9 Å². The van der Waals surface area contributed by atoms with Gasteiger partial charge in [-0.1, -0.05) is 12.1 Å². The maximum Gasteiger partial charge on any atom is 0.239 e. The summed E-state index contributed by atoms with van der Waals surface area (Å²) in [6.07, 6.45) is 4.41. The minimum absolute atomic E-state index is 0.0580. The second-order valence-corrected chi connectivity index (χ2v) is 4.98. The van der Waals surface area contributed by atoms with Crippen LogP contribution in [0.4, 0.5) is 5.69 Å². The normalized spacial score (nSPS) is 14.9. The predicted octanol–water partition coefficient (Wildman–Crippen LogP) is 1.75. The summed E-state index contributed by atoms with van der Waals surface area (Å²) in [5.41, 5.74) is 7.62. The van der Waals surface area contributed by atoms with Crippen LogP contribution in [0.3, 0.4) is 0 Å². The van der Waals surface area contributed by atoms with Crippen molar-refractivity contribution < 1.29 is 4.79 Å². The molecule has 1 aromatic carbocycles. The SMILES string of the molecule is Nc1cccc2ccn(CC(=O)NCC3CC3)c12. The number of hydrogen-bond donors (Lipinski definition) is 2. The van der Waals surface area contributed by atoms with Crippen LogP contribution in [0, 0.1) is 5.92 Å². The Morgan fingerprint density at radius 3 is 3.00 bits per heavy atom. The number of para-hydroxylation sites is 1. The first-order valence-electron chi connectivity index (χ1n) is 6.34. The number of nitrogens with zero attached hydrogens (tertiary/aromatic N) is 1. The third-order valence-corrected chi connectivity index (χ3v) is 3.42. The van der Waals surface area contributed by atoms with Crippen LogP contribution in [0.2, 0.25) is 0 Å². The average Bonchev–Trinajstić information content (AvgIpc) is 3.09. The van der Waals surface area contributed by atoms with Crippen molar-refractivity contribution in [3.05, 3.63) is 30.5 Å². The number of hydrogen-bond acceptors (Lipinski definition) is 2. The van der Waals surface area contributed by atoms with Gasteiger partial charge in [0.1, 0.15) is 6.54 Å². The number of fused-ring (bicyclic) bond motifs is 1. The van der Waals surface area contributed by atoms with E-state index in [1.807, 2.05) is 35.0 Å². The molecule has 0 saturated heterocycles. The lowest BCUT2D eigenvalue weighted by Crippen LogP contribution is -2.29. The Hall–Kier alpha value is -1.97. The van der Waals surface area contributed by atoms with Gasteiger partial charge in [0, 0.05) is 18.1 Å². The van der Waals surface area contributed by atoms with Gasteiger partial charge in [-0.25, -0.2) is 0 Å². The second-order valence-electron chi connectivity index (χ2n) is 4.98. The van der Waals surface area contributed by atoms with Crippen molar-refractivity contribution in [3.63, 3.8) is 0 Å². The Balaban J connectivity index is 1.75. The standard InChI is InChI=1S/C14H17N3O/c15-12-3-1-2-11-6-7-17(14(11)12)9-13(18)16-8-10-4-5-10/h1-3,6-7,10H,4-5,8-9,15H2,(H,16,18). The van der Waals surface area contributed by atoms with Crippen molar-refractivity contribution in [2.24, 2.45) is 5.92 Å². The molecule has 0 spiro atoms. The molecule has 0 radical (unpaired) electrons. The molecule has 1 heterocycles. The molecule has 0 bridgehead atoms. The first kappa shape index (κ1) is 11.1. The fourth-order valence-corrected chi connectivity index (χ4v) is 2.21. The largest absolute Gasteiger partial charge is 0.397 e.